The van der Waals surface area contributed by atoms with Crippen molar-refractivity contribution >= 4 is 11.8 Å². The number of likely N-dealkylation sites (tertiary alicyclic amines) is 1. The van der Waals surface area contributed by atoms with Crippen LogP contribution in [0, 0.1) is 11.8 Å². The maximum atomic E-state index is 12.1. The number of carbonyl (C=O) groups excluding carboxylic acids is 2. The first-order valence-corrected chi connectivity index (χ1v) is 7.73. The van der Waals surface area contributed by atoms with Crippen molar-refractivity contribution in [2.45, 2.75) is 45.6 Å². The Hall–Kier alpha value is -1.10. The van der Waals surface area contributed by atoms with Gasteiger partial charge >= 0.3 is 0 Å². The summed E-state index contributed by atoms with van der Waals surface area (Å²) < 4.78 is 5.48. The molecular formula is C15H26N2O3. The van der Waals surface area contributed by atoms with E-state index in [4.69, 9.17) is 4.74 Å². The summed E-state index contributed by atoms with van der Waals surface area (Å²) in [5.41, 5.74) is 0. The number of nitrogens with zero attached hydrogens (tertiary/aromatic N) is 1. The van der Waals surface area contributed by atoms with Crippen LogP contribution in [0.5, 0.6) is 0 Å². The van der Waals surface area contributed by atoms with Gasteiger partial charge in [-0.25, -0.2) is 0 Å². The number of ether oxygens (including phenoxy) is 1. The highest BCUT2D eigenvalue weighted by atomic mass is 16.5. The molecule has 5 nitrogen and oxygen atoms in total. The molecule has 0 saturated carbocycles. The summed E-state index contributed by atoms with van der Waals surface area (Å²) in [5, 5.41) is 2.93. The second kappa shape index (κ2) is 7.07. The molecule has 2 aliphatic heterocycles. The first-order valence-electron chi connectivity index (χ1n) is 7.73. The van der Waals surface area contributed by atoms with E-state index in [0.29, 0.717) is 25.4 Å². The number of hydrogen-bond acceptors (Lipinski definition) is 3. The van der Waals surface area contributed by atoms with Gasteiger partial charge in [0.1, 0.15) is 0 Å². The molecule has 0 aliphatic carbocycles. The molecule has 114 valence electrons. The summed E-state index contributed by atoms with van der Waals surface area (Å²) in [6.07, 6.45) is 3.61. The maximum Gasteiger partial charge on any atom is 0.225 e. The van der Waals surface area contributed by atoms with E-state index < -0.39 is 0 Å². The molecule has 1 N–H and O–H groups in total. The summed E-state index contributed by atoms with van der Waals surface area (Å²) in [4.78, 5) is 25.8. The van der Waals surface area contributed by atoms with Crippen LogP contribution in [0.1, 0.15) is 39.5 Å². The maximum absolute atomic E-state index is 12.1. The highest BCUT2D eigenvalue weighted by molar-refractivity contribution is 5.89. The van der Waals surface area contributed by atoms with Gasteiger partial charge in [-0.1, -0.05) is 13.8 Å². The zero-order valence-electron chi connectivity index (χ0n) is 12.6. The van der Waals surface area contributed by atoms with Gasteiger partial charge in [-0.3, -0.25) is 9.59 Å². The third-order valence-electron chi connectivity index (χ3n) is 4.09. The number of rotatable bonds is 6. The summed E-state index contributed by atoms with van der Waals surface area (Å²) in [5.74, 6) is 0.509. The molecule has 5 heteroatoms. The van der Waals surface area contributed by atoms with E-state index in [-0.39, 0.29) is 23.8 Å². The normalized spacial score (nSPS) is 26.6. The van der Waals surface area contributed by atoms with Crippen molar-refractivity contribution in [1.82, 2.24) is 10.2 Å². The first kappa shape index (κ1) is 15.3. The van der Waals surface area contributed by atoms with Crippen LogP contribution in [-0.4, -0.2) is 49.1 Å². The average molecular weight is 282 g/mol. The second-order valence-electron chi connectivity index (χ2n) is 6.30. The lowest BCUT2D eigenvalue weighted by Gasteiger charge is -2.18. The Kier molecular flexibility index (Phi) is 5.40. The quantitative estimate of drug-likeness (QED) is 0.796. The van der Waals surface area contributed by atoms with Crippen molar-refractivity contribution in [1.29, 1.82) is 0 Å². The van der Waals surface area contributed by atoms with Crippen molar-refractivity contribution in [2.24, 2.45) is 11.8 Å². The molecule has 2 aliphatic rings. The highest BCUT2D eigenvalue weighted by Gasteiger charge is 2.34. The van der Waals surface area contributed by atoms with E-state index in [1.165, 1.54) is 0 Å². The Labute approximate surface area is 121 Å². The van der Waals surface area contributed by atoms with E-state index in [1.54, 1.807) is 0 Å². The fourth-order valence-electron chi connectivity index (χ4n) is 2.74. The molecule has 20 heavy (non-hydrogen) atoms. The second-order valence-corrected chi connectivity index (χ2v) is 6.30. The molecule has 2 rings (SSSR count). The first-order chi connectivity index (χ1) is 9.56. The molecular weight excluding hydrogens is 256 g/mol. The molecule has 2 fully saturated rings. The third-order valence-corrected chi connectivity index (χ3v) is 4.09. The van der Waals surface area contributed by atoms with Gasteiger partial charge in [-0.15, -0.1) is 0 Å². The lowest BCUT2D eigenvalue weighted by atomic mass is 10.1. The predicted molar refractivity (Wildman–Crippen MR) is 76.1 cm³/mol. The Morgan fingerprint density at radius 2 is 2.30 bits per heavy atom. The zero-order chi connectivity index (χ0) is 14.5. The van der Waals surface area contributed by atoms with E-state index in [2.05, 4.69) is 19.2 Å². The smallest absolute Gasteiger partial charge is 0.225 e. The minimum Gasteiger partial charge on any atom is -0.376 e. The molecule has 2 saturated heterocycles. The van der Waals surface area contributed by atoms with Crippen molar-refractivity contribution in [2.75, 3.05) is 26.2 Å². The van der Waals surface area contributed by atoms with E-state index >= 15 is 0 Å². The molecule has 2 amide bonds. The number of hydrogen-bond donors (Lipinski definition) is 1. The summed E-state index contributed by atoms with van der Waals surface area (Å²) >= 11 is 0. The van der Waals surface area contributed by atoms with Crippen LogP contribution in [0.3, 0.4) is 0 Å². The van der Waals surface area contributed by atoms with Gasteiger partial charge in [0.05, 0.1) is 12.0 Å². The van der Waals surface area contributed by atoms with Gasteiger partial charge < -0.3 is 15.0 Å². The van der Waals surface area contributed by atoms with Gasteiger partial charge in [0, 0.05) is 32.7 Å². The van der Waals surface area contributed by atoms with Gasteiger partial charge in [-0.2, -0.15) is 0 Å². The van der Waals surface area contributed by atoms with Crippen molar-refractivity contribution in [3.05, 3.63) is 0 Å². The largest absolute Gasteiger partial charge is 0.376 e. The van der Waals surface area contributed by atoms with Crippen molar-refractivity contribution < 1.29 is 14.3 Å². The molecule has 0 bridgehead atoms. The molecule has 0 aromatic heterocycles. The number of nitrogens with one attached hydrogen (secondary N) is 1. The average Bonchev–Trinajstić information content (AvgIpc) is 3.03. The van der Waals surface area contributed by atoms with Crippen LogP contribution in [0.2, 0.25) is 0 Å². The molecule has 0 aromatic carbocycles. The topological polar surface area (TPSA) is 58.6 Å². The van der Waals surface area contributed by atoms with E-state index in [0.717, 1.165) is 32.4 Å². The highest BCUT2D eigenvalue weighted by Crippen LogP contribution is 2.19. The minimum atomic E-state index is -0.184. The van der Waals surface area contributed by atoms with Gasteiger partial charge in [0.15, 0.2) is 0 Å². The van der Waals surface area contributed by atoms with Crippen molar-refractivity contribution in [3.8, 4) is 0 Å². The number of amides is 2. The summed E-state index contributed by atoms with van der Waals surface area (Å²) in [6.45, 7) is 7.01. The van der Waals surface area contributed by atoms with Crippen LogP contribution < -0.4 is 5.32 Å². The standard InChI is InChI=1S/C15H26N2O3/c1-11(2)5-6-17-10-12(8-14(17)18)15(19)16-9-13-4-3-7-20-13/h11-13H,3-10H2,1-2H3,(H,16,19)/t12-,13+/m0/s1. The lowest BCUT2D eigenvalue weighted by molar-refractivity contribution is -0.129. The predicted octanol–water partition coefficient (Wildman–Crippen LogP) is 1.18. The fourth-order valence-corrected chi connectivity index (χ4v) is 2.74. The van der Waals surface area contributed by atoms with Crippen LogP contribution in [0.15, 0.2) is 0 Å². The van der Waals surface area contributed by atoms with Crippen LogP contribution >= 0.6 is 0 Å². The Balaban J connectivity index is 1.72. The van der Waals surface area contributed by atoms with Crippen LogP contribution in [-0.2, 0) is 14.3 Å². The van der Waals surface area contributed by atoms with Crippen LogP contribution in [0.4, 0.5) is 0 Å². The molecule has 0 radical (unpaired) electrons. The molecule has 2 heterocycles. The SMILES string of the molecule is CC(C)CCN1C[C@@H](C(=O)NC[C@H]2CCCO2)CC1=O. The molecule has 0 spiro atoms. The summed E-state index contributed by atoms with van der Waals surface area (Å²) in [6, 6.07) is 0. The van der Waals surface area contributed by atoms with E-state index in [9.17, 15) is 9.59 Å². The molecule has 0 aromatic rings. The monoisotopic (exact) mass is 282 g/mol. The fraction of sp³-hybridized carbons (Fsp3) is 0.867. The Bertz CT molecular complexity index is 351. The zero-order valence-corrected chi connectivity index (χ0v) is 12.6. The third kappa shape index (κ3) is 4.20. The van der Waals surface area contributed by atoms with Gasteiger partial charge in [0.25, 0.3) is 0 Å². The molecule has 2 atom stereocenters. The molecule has 0 unspecified atom stereocenters. The minimum absolute atomic E-state index is 0.000830. The van der Waals surface area contributed by atoms with Gasteiger partial charge in [0.2, 0.25) is 11.8 Å². The Morgan fingerprint density at radius 1 is 1.50 bits per heavy atom. The van der Waals surface area contributed by atoms with Crippen molar-refractivity contribution in [3.63, 3.8) is 0 Å². The lowest BCUT2D eigenvalue weighted by Crippen LogP contribution is -2.37. The van der Waals surface area contributed by atoms with E-state index in [1.807, 2.05) is 4.90 Å². The van der Waals surface area contributed by atoms with Gasteiger partial charge in [-0.05, 0) is 25.2 Å². The Morgan fingerprint density at radius 3 is 2.95 bits per heavy atom. The van der Waals surface area contributed by atoms with Crippen LogP contribution in [0.25, 0.3) is 0 Å². The summed E-state index contributed by atoms with van der Waals surface area (Å²) in [7, 11) is 0. The number of carbonyl (C=O) groups is 2.